The van der Waals surface area contributed by atoms with Gasteiger partial charge in [0, 0.05) is 10.7 Å². The van der Waals surface area contributed by atoms with Gasteiger partial charge in [0.05, 0.1) is 11.6 Å². The first-order chi connectivity index (χ1) is 10.1. The molecule has 0 aromatic heterocycles. The van der Waals surface area contributed by atoms with E-state index in [-0.39, 0.29) is 12.5 Å². The Balaban J connectivity index is 2.08. The maximum absolute atomic E-state index is 11.5. The lowest BCUT2D eigenvalue weighted by atomic mass is 10.3. The zero-order chi connectivity index (χ0) is 15.2. The molecule has 0 aliphatic rings. The van der Waals surface area contributed by atoms with Crippen molar-refractivity contribution in [1.82, 2.24) is 5.32 Å². The Kier molecular flexibility index (Phi) is 5.44. The number of carbonyl (C=O) groups is 1. The predicted octanol–water partition coefficient (Wildman–Crippen LogP) is 3.94. The number of hydrogen-bond donors (Lipinski definition) is 2. The molecule has 2 N–H and O–H groups in total. The molecule has 6 heteroatoms. The molecule has 4 nitrogen and oxygen atoms in total. The average Bonchev–Trinajstić information content (AvgIpc) is 2.44. The molecule has 0 radical (unpaired) electrons. The summed E-state index contributed by atoms with van der Waals surface area (Å²) in [6.07, 6.45) is 0. The summed E-state index contributed by atoms with van der Waals surface area (Å²) in [5.74, 6) is 0.999. The van der Waals surface area contributed by atoms with Crippen LogP contribution in [0.1, 0.15) is 0 Å². The summed E-state index contributed by atoms with van der Waals surface area (Å²) < 4.78 is 5.66. The zero-order valence-corrected chi connectivity index (χ0v) is 12.8. The van der Waals surface area contributed by atoms with Gasteiger partial charge in [-0.25, -0.2) is 0 Å². The van der Waals surface area contributed by atoms with E-state index in [9.17, 15) is 4.79 Å². The van der Waals surface area contributed by atoms with Crippen molar-refractivity contribution < 1.29 is 9.53 Å². The molecule has 0 spiro atoms. The SMILES string of the molecule is CNCC(=O)Nc1ccc(Oc2ccc(Cl)cc2)c(Cl)c1. The van der Waals surface area contributed by atoms with Gasteiger partial charge in [-0.3, -0.25) is 4.79 Å². The van der Waals surface area contributed by atoms with Gasteiger partial charge in [-0.2, -0.15) is 0 Å². The van der Waals surface area contributed by atoms with Crippen LogP contribution in [-0.4, -0.2) is 19.5 Å². The average molecular weight is 325 g/mol. The molecule has 0 aliphatic carbocycles. The molecule has 2 rings (SSSR count). The van der Waals surface area contributed by atoms with Gasteiger partial charge in [0.2, 0.25) is 5.91 Å². The summed E-state index contributed by atoms with van der Waals surface area (Å²) in [7, 11) is 1.70. The lowest BCUT2D eigenvalue weighted by molar-refractivity contribution is -0.115. The van der Waals surface area contributed by atoms with Crippen LogP contribution in [0.2, 0.25) is 10.0 Å². The number of halogens is 2. The maximum atomic E-state index is 11.5. The second-order valence-corrected chi connectivity index (χ2v) is 5.12. The maximum Gasteiger partial charge on any atom is 0.238 e. The first-order valence-electron chi connectivity index (χ1n) is 6.26. The number of hydrogen-bond acceptors (Lipinski definition) is 3. The monoisotopic (exact) mass is 324 g/mol. The lowest BCUT2D eigenvalue weighted by Crippen LogP contribution is -2.24. The number of nitrogens with one attached hydrogen (secondary N) is 2. The summed E-state index contributed by atoms with van der Waals surface area (Å²) in [6.45, 7) is 0.237. The minimum absolute atomic E-state index is 0.139. The Morgan fingerprint density at radius 2 is 1.86 bits per heavy atom. The molecule has 0 aliphatic heterocycles. The van der Waals surface area contributed by atoms with Crippen molar-refractivity contribution >= 4 is 34.8 Å². The quantitative estimate of drug-likeness (QED) is 0.875. The van der Waals surface area contributed by atoms with E-state index in [2.05, 4.69) is 10.6 Å². The van der Waals surface area contributed by atoms with Crippen molar-refractivity contribution in [2.24, 2.45) is 0 Å². The van der Waals surface area contributed by atoms with Crippen LogP contribution in [0.25, 0.3) is 0 Å². The number of ether oxygens (including phenoxy) is 1. The standard InChI is InChI=1S/C15H14Cl2N2O2/c1-18-9-15(20)19-11-4-7-14(13(17)8-11)21-12-5-2-10(16)3-6-12/h2-8,18H,9H2,1H3,(H,19,20). The minimum atomic E-state index is -0.139. The highest BCUT2D eigenvalue weighted by atomic mass is 35.5. The van der Waals surface area contributed by atoms with Gasteiger partial charge in [0.15, 0.2) is 0 Å². The van der Waals surface area contributed by atoms with Gasteiger partial charge in [0.25, 0.3) is 0 Å². The van der Waals surface area contributed by atoms with Gasteiger partial charge in [-0.15, -0.1) is 0 Å². The van der Waals surface area contributed by atoms with Gasteiger partial charge in [0.1, 0.15) is 11.5 Å². The van der Waals surface area contributed by atoms with Crippen molar-refractivity contribution in [1.29, 1.82) is 0 Å². The van der Waals surface area contributed by atoms with E-state index in [1.54, 1.807) is 49.5 Å². The number of amides is 1. The van der Waals surface area contributed by atoms with E-state index >= 15 is 0 Å². The number of rotatable bonds is 5. The molecule has 1 amide bonds. The number of benzene rings is 2. The van der Waals surface area contributed by atoms with Crippen LogP contribution in [0.4, 0.5) is 5.69 Å². The topological polar surface area (TPSA) is 50.4 Å². The van der Waals surface area contributed by atoms with E-state index < -0.39 is 0 Å². The smallest absolute Gasteiger partial charge is 0.238 e. The number of anilines is 1. The highest BCUT2D eigenvalue weighted by molar-refractivity contribution is 6.32. The van der Waals surface area contributed by atoms with Gasteiger partial charge >= 0.3 is 0 Å². The van der Waals surface area contributed by atoms with Crippen LogP contribution in [0.15, 0.2) is 42.5 Å². The summed E-state index contributed by atoms with van der Waals surface area (Å²) in [6, 6.07) is 12.0. The van der Waals surface area contributed by atoms with Gasteiger partial charge in [-0.1, -0.05) is 23.2 Å². The van der Waals surface area contributed by atoms with Crippen LogP contribution in [0.5, 0.6) is 11.5 Å². The molecule has 0 saturated carbocycles. The Morgan fingerprint density at radius 3 is 2.48 bits per heavy atom. The fraction of sp³-hybridized carbons (Fsp3) is 0.133. The van der Waals surface area contributed by atoms with E-state index in [0.717, 1.165) is 0 Å². The Bertz CT molecular complexity index is 630. The molecular weight excluding hydrogens is 311 g/mol. The van der Waals surface area contributed by atoms with Gasteiger partial charge < -0.3 is 15.4 Å². The second-order valence-electron chi connectivity index (χ2n) is 4.28. The number of likely N-dealkylation sites (N-methyl/N-ethyl adjacent to an activating group) is 1. The largest absolute Gasteiger partial charge is 0.456 e. The van der Waals surface area contributed by atoms with E-state index in [4.69, 9.17) is 27.9 Å². The van der Waals surface area contributed by atoms with Gasteiger partial charge in [-0.05, 0) is 49.5 Å². The molecule has 2 aromatic carbocycles. The summed E-state index contributed by atoms with van der Waals surface area (Å²) in [4.78, 5) is 11.5. The molecule has 110 valence electrons. The molecular formula is C15H14Cl2N2O2. The Labute approximate surface area is 133 Å². The highest BCUT2D eigenvalue weighted by Crippen LogP contribution is 2.32. The minimum Gasteiger partial charge on any atom is -0.456 e. The molecule has 0 saturated heterocycles. The highest BCUT2D eigenvalue weighted by Gasteiger charge is 2.07. The first kappa shape index (κ1) is 15.6. The third-order valence-corrected chi connectivity index (χ3v) is 3.14. The van der Waals surface area contributed by atoms with E-state index in [1.807, 2.05) is 0 Å². The summed E-state index contributed by atoms with van der Waals surface area (Å²) in [5, 5.41) is 6.54. The van der Waals surface area contributed by atoms with E-state index in [1.165, 1.54) is 0 Å². The number of carbonyl (C=O) groups excluding carboxylic acids is 1. The molecule has 0 bridgehead atoms. The van der Waals surface area contributed by atoms with Crippen LogP contribution >= 0.6 is 23.2 Å². The molecule has 0 unspecified atom stereocenters. The van der Waals surface area contributed by atoms with Crippen LogP contribution in [-0.2, 0) is 4.79 Å². The van der Waals surface area contributed by atoms with Crippen molar-refractivity contribution in [3.8, 4) is 11.5 Å². The van der Waals surface area contributed by atoms with Crippen LogP contribution < -0.4 is 15.4 Å². The first-order valence-corrected chi connectivity index (χ1v) is 7.01. The predicted molar refractivity (Wildman–Crippen MR) is 85.5 cm³/mol. The fourth-order valence-corrected chi connectivity index (χ4v) is 2.00. The second kappa shape index (κ2) is 7.31. The Hall–Kier alpha value is -1.75. The molecule has 0 atom stereocenters. The van der Waals surface area contributed by atoms with Crippen molar-refractivity contribution in [3.63, 3.8) is 0 Å². The summed E-state index contributed by atoms with van der Waals surface area (Å²) in [5.41, 5.74) is 0.615. The van der Waals surface area contributed by atoms with Crippen LogP contribution in [0.3, 0.4) is 0 Å². The van der Waals surface area contributed by atoms with Crippen LogP contribution in [0, 0.1) is 0 Å². The third-order valence-electron chi connectivity index (χ3n) is 2.59. The Morgan fingerprint density at radius 1 is 1.14 bits per heavy atom. The molecule has 2 aromatic rings. The van der Waals surface area contributed by atoms with Crippen molar-refractivity contribution in [2.75, 3.05) is 18.9 Å². The van der Waals surface area contributed by atoms with Crippen molar-refractivity contribution in [2.45, 2.75) is 0 Å². The third kappa shape index (κ3) is 4.63. The fourth-order valence-electron chi connectivity index (χ4n) is 1.66. The molecule has 0 heterocycles. The normalized spacial score (nSPS) is 10.2. The molecule has 21 heavy (non-hydrogen) atoms. The zero-order valence-electron chi connectivity index (χ0n) is 11.3. The lowest BCUT2D eigenvalue weighted by Gasteiger charge is -2.10. The van der Waals surface area contributed by atoms with Crippen molar-refractivity contribution in [3.05, 3.63) is 52.5 Å². The molecule has 0 fully saturated rings. The van der Waals surface area contributed by atoms with E-state index in [0.29, 0.717) is 27.2 Å². The summed E-state index contributed by atoms with van der Waals surface area (Å²) >= 11 is 12.0.